The predicted molar refractivity (Wildman–Crippen MR) is 84.0 cm³/mol. The van der Waals surface area contributed by atoms with Crippen molar-refractivity contribution in [1.29, 1.82) is 5.26 Å². The molecule has 1 fully saturated rings. The van der Waals surface area contributed by atoms with Gasteiger partial charge in [0.15, 0.2) is 0 Å². The molecular weight excluding hydrogens is 294 g/mol. The summed E-state index contributed by atoms with van der Waals surface area (Å²) in [6.07, 6.45) is 1.08. The molecule has 0 radical (unpaired) electrons. The Morgan fingerprint density at radius 1 is 1.43 bits per heavy atom. The molecule has 2 aromatic rings. The highest BCUT2D eigenvalue weighted by Gasteiger charge is 2.28. The van der Waals surface area contributed by atoms with E-state index in [1.54, 1.807) is 0 Å². The maximum Gasteiger partial charge on any atom is 0.306 e. The van der Waals surface area contributed by atoms with Gasteiger partial charge in [-0.25, -0.2) is 0 Å². The SMILES string of the molecule is Cc1cccc(-c2nc(C#N)c(N3CCC(C(=O)O)CC3)o2)c1. The van der Waals surface area contributed by atoms with Crippen LogP contribution in [0.5, 0.6) is 0 Å². The van der Waals surface area contributed by atoms with Gasteiger partial charge < -0.3 is 14.4 Å². The molecule has 6 nitrogen and oxygen atoms in total. The predicted octanol–water partition coefficient (Wildman–Crippen LogP) is 2.82. The molecule has 1 aliphatic rings. The highest BCUT2D eigenvalue weighted by atomic mass is 16.4. The Hall–Kier alpha value is -2.81. The molecule has 1 aliphatic heterocycles. The van der Waals surface area contributed by atoms with Gasteiger partial charge in [-0.05, 0) is 31.9 Å². The molecule has 6 heteroatoms. The Balaban J connectivity index is 1.86. The molecule has 0 unspecified atom stereocenters. The molecule has 118 valence electrons. The topological polar surface area (TPSA) is 90.4 Å². The van der Waals surface area contributed by atoms with Crippen LogP contribution in [0.2, 0.25) is 0 Å². The van der Waals surface area contributed by atoms with Gasteiger partial charge in [-0.1, -0.05) is 17.7 Å². The lowest BCUT2D eigenvalue weighted by Crippen LogP contribution is -2.36. The summed E-state index contributed by atoms with van der Waals surface area (Å²) in [6, 6.07) is 9.81. The number of hydrogen-bond donors (Lipinski definition) is 1. The van der Waals surface area contributed by atoms with Crippen molar-refractivity contribution in [2.24, 2.45) is 5.92 Å². The molecule has 1 saturated heterocycles. The number of oxazole rings is 1. The highest BCUT2D eigenvalue weighted by Crippen LogP contribution is 2.31. The molecule has 0 amide bonds. The van der Waals surface area contributed by atoms with Gasteiger partial charge in [-0.2, -0.15) is 10.2 Å². The minimum absolute atomic E-state index is 0.246. The number of benzene rings is 1. The molecular formula is C17H17N3O3. The zero-order valence-corrected chi connectivity index (χ0v) is 12.8. The highest BCUT2D eigenvalue weighted by molar-refractivity contribution is 5.70. The van der Waals surface area contributed by atoms with E-state index in [-0.39, 0.29) is 11.6 Å². The van der Waals surface area contributed by atoms with E-state index in [0.717, 1.165) is 11.1 Å². The van der Waals surface area contributed by atoms with Gasteiger partial charge in [-0.15, -0.1) is 0 Å². The maximum atomic E-state index is 11.0. The van der Waals surface area contributed by atoms with Crippen LogP contribution in [0.25, 0.3) is 11.5 Å². The summed E-state index contributed by atoms with van der Waals surface area (Å²) in [7, 11) is 0. The number of carboxylic acid groups (broad SMARTS) is 1. The van der Waals surface area contributed by atoms with E-state index < -0.39 is 5.97 Å². The third kappa shape index (κ3) is 3.04. The Morgan fingerprint density at radius 3 is 2.78 bits per heavy atom. The molecule has 1 aromatic carbocycles. The summed E-state index contributed by atoms with van der Waals surface area (Å²) >= 11 is 0. The van der Waals surface area contributed by atoms with Crippen LogP contribution < -0.4 is 4.90 Å². The molecule has 1 N–H and O–H groups in total. The Bertz CT molecular complexity index is 768. The fourth-order valence-corrected chi connectivity index (χ4v) is 2.83. The van der Waals surface area contributed by atoms with Gasteiger partial charge in [-0.3, -0.25) is 4.79 Å². The zero-order chi connectivity index (χ0) is 16.4. The molecule has 0 aliphatic carbocycles. The molecule has 0 saturated carbocycles. The number of rotatable bonds is 3. The first kappa shape index (κ1) is 15.1. The second-order valence-electron chi connectivity index (χ2n) is 5.75. The Morgan fingerprint density at radius 2 is 2.17 bits per heavy atom. The lowest BCUT2D eigenvalue weighted by atomic mass is 9.97. The summed E-state index contributed by atoms with van der Waals surface area (Å²) in [5.41, 5.74) is 2.16. The van der Waals surface area contributed by atoms with Crippen molar-refractivity contribution >= 4 is 11.9 Å². The molecule has 0 atom stereocenters. The minimum Gasteiger partial charge on any atom is -0.481 e. The number of hydrogen-bond acceptors (Lipinski definition) is 5. The van der Waals surface area contributed by atoms with E-state index in [1.807, 2.05) is 36.1 Å². The maximum absolute atomic E-state index is 11.0. The molecule has 23 heavy (non-hydrogen) atoms. The second kappa shape index (κ2) is 6.13. The van der Waals surface area contributed by atoms with Crippen molar-refractivity contribution in [2.75, 3.05) is 18.0 Å². The third-order valence-corrected chi connectivity index (χ3v) is 4.11. The number of carboxylic acids is 1. The summed E-state index contributed by atoms with van der Waals surface area (Å²) in [4.78, 5) is 17.2. The first-order valence-corrected chi connectivity index (χ1v) is 7.54. The molecule has 1 aromatic heterocycles. The number of aliphatic carboxylic acids is 1. The van der Waals surface area contributed by atoms with E-state index in [9.17, 15) is 10.1 Å². The van der Waals surface area contributed by atoms with Gasteiger partial charge in [0.25, 0.3) is 0 Å². The van der Waals surface area contributed by atoms with Crippen LogP contribution in [-0.4, -0.2) is 29.1 Å². The molecule has 0 bridgehead atoms. The minimum atomic E-state index is -0.761. The van der Waals surface area contributed by atoms with Crippen LogP contribution in [0.3, 0.4) is 0 Å². The standard InChI is InChI=1S/C17H17N3O3/c1-11-3-2-4-13(9-11)15-19-14(10-18)16(23-15)20-7-5-12(6-8-20)17(21)22/h2-4,9,12H,5-8H2,1H3,(H,21,22). The van der Waals surface area contributed by atoms with Crippen LogP contribution in [0, 0.1) is 24.2 Å². The van der Waals surface area contributed by atoms with Crippen LogP contribution >= 0.6 is 0 Å². The fraction of sp³-hybridized carbons (Fsp3) is 0.353. The lowest BCUT2D eigenvalue weighted by molar-refractivity contribution is -0.142. The largest absolute Gasteiger partial charge is 0.481 e. The molecule has 3 rings (SSSR count). The lowest BCUT2D eigenvalue weighted by Gasteiger charge is -2.29. The van der Waals surface area contributed by atoms with Gasteiger partial charge >= 0.3 is 5.97 Å². The van der Waals surface area contributed by atoms with E-state index in [4.69, 9.17) is 9.52 Å². The first-order chi connectivity index (χ1) is 11.1. The average molecular weight is 311 g/mol. The smallest absolute Gasteiger partial charge is 0.306 e. The number of anilines is 1. The summed E-state index contributed by atoms with van der Waals surface area (Å²) < 4.78 is 5.83. The summed E-state index contributed by atoms with van der Waals surface area (Å²) in [5.74, 6) is -0.229. The third-order valence-electron chi connectivity index (χ3n) is 4.11. The van der Waals surface area contributed by atoms with E-state index >= 15 is 0 Å². The van der Waals surface area contributed by atoms with Crippen molar-refractivity contribution in [2.45, 2.75) is 19.8 Å². The van der Waals surface area contributed by atoms with Crippen LogP contribution in [0.4, 0.5) is 5.88 Å². The number of nitriles is 1. The van der Waals surface area contributed by atoms with Gasteiger partial charge in [0.05, 0.1) is 5.92 Å². The van der Waals surface area contributed by atoms with E-state index in [0.29, 0.717) is 37.7 Å². The number of aromatic nitrogens is 1. The van der Waals surface area contributed by atoms with Crippen molar-refractivity contribution in [3.05, 3.63) is 35.5 Å². The van der Waals surface area contributed by atoms with Crippen molar-refractivity contribution in [3.8, 4) is 17.5 Å². The average Bonchev–Trinajstić information content (AvgIpc) is 2.99. The van der Waals surface area contributed by atoms with E-state index in [2.05, 4.69) is 11.1 Å². The van der Waals surface area contributed by atoms with Gasteiger partial charge in [0.1, 0.15) is 6.07 Å². The quantitative estimate of drug-likeness (QED) is 0.937. The van der Waals surface area contributed by atoms with Crippen LogP contribution in [-0.2, 0) is 4.79 Å². The van der Waals surface area contributed by atoms with Gasteiger partial charge in [0.2, 0.25) is 17.5 Å². The molecule has 2 heterocycles. The summed E-state index contributed by atoms with van der Waals surface area (Å²) in [6.45, 7) is 3.08. The Labute approximate surface area is 134 Å². The van der Waals surface area contributed by atoms with Crippen molar-refractivity contribution in [1.82, 2.24) is 4.98 Å². The van der Waals surface area contributed by atoms with E-state index in [1.165, 1.54) is 0 Å². The number of carbonyl (C=O) groups is 1. The monoisotopic (exact) mass is 311 g/mol. The fourth-order valence-electron chi connectivity index (χ4n) is 2.83. The normalized spacial score (nSPS) is 15.4. The number of nitrogens with zero attached hydrogens (tertiary/aromatic N) is 3. The van der Waals surface area contributed by atoms with Crippen molar-refractivity contribution < 1.29 is 14.3 Å². The van der Waals surface area contributed by atoms with Gasteiger partial charge in [0, 0.05) is 18.7 Å². The van der Waals surface area contributed by atoms with Crippen molar-refractivity contribution in [3.63, 3.8) is 0 Å². The number of piperidine rings is 1. The number of aryl methyl sites for hydroxylation is 1. The van der Waals surface area contributed by atoms with Crippen LogP contribution in [0.15, 0.2) is 28.7 Å². The second-order valence-corrected chi connectivity index (χ2v) is 5.75. The summed E-state index contributed by atoms with van der Waals surface area (Å²) in [5, 5.41) is 18.4. The molecule has 0 spiro atoms. The Kier molecular flexibility index (Phi) is 4.02. The zero-order valence-electron chi connectivity index (χ0n) is 12.8. The van der Waals surface area contributed by atoms with Crippen LogP contribution in [0.1, 0.15) is 24.1 Å². The first-order valence-electron chi connectivity index (χ1n) is 7.54.